The van der Waals surface area contributed by atoms with Gasteiger partial charge in [0.05, 0.1) is 11.0 Å². The van der Waals surface area contributed by atoms with Gasteiger partial charge in [-0.15, -0.1) is 0 Å². The van der Waals surface area contributed by atoms with Gasteiger partial charge in [0, 0.05) is 6.42 Å². The van der Waals surface area contributed by atoms with Gasteiger partial charge in [-0.25, -0.2) is 9.78 Å². The van der Waals surface area contributed by atoms with Gasteiger partial charge in [-0.1, -0.05) is 51.2 Å². The molecule has 4 heteroatoms. The van der Waals surface area contributed by atoms with Crippen molar-refractivity contribution in [1.29, 1.82) is 0 Å². The van der Waals surface area contributed by atoms with E-state index in [1.807, 2.05) is 35.8 Å². The van der Waals surface area contributed by atoms with Crippen LogP contribution in [0.3, 0.4) is 0 Å². The predicted octanol–water partition coefficient (Wildman–Crippen LogP) is 4.58. The highest BCUT2D eigenvalue weighted by Gasteiger charge is 2.24. The lowest BCUT2D eigenvalue weighted by atomic mass is 9.86. The second kappa shape index (κ2) is 7.16. The molecule has 1 fully saturated rings. The van der Waals surface area contributed by atoms with Crippen molar-refractivity contribution in [2.75, 3.05) is 0 Å². The number of rotatable bonds is 6. The number of hydrogen-bond donors (Lipinski definition) is 1. The number of aliphatic carboxylic acids is 1. The minimum absolute atomic E-state index is 0.524. The number of aryl methyl sites for hydroxylation is 1. The van der Waals surface area contributed by atoms with E-state index >= 15 is 0 Å². The normalized spacial score (nSPS) is 17.4. The zero-order valence-electron chi connectivity index (χ0n) is 13.9. The molecule has 1 atom stereocenters. The summed E-state index contributed by atoms with van der Waals surface area (Å²) in [6.45, 7) is 1.93. The lowest BCUT2D eigenvalue weighted by molar-refractivity contribution is -0.140. The van der Waals surface area contributed by atoms with Crippen LogP contribution in [0.4, 0.5) is 0 Å². The third kappa shape index (κ3) is 3.41. The Balaban J connectivity index is 1.89. The smallest absolute Gasteiger partial charge is 0.326 e. The summed E-state index contributed by atoms with van der Waals surface area (Å²) in [4.78, 5) is 16.4. The van der Waals surface area contributed by atoms with E-state index in [9.17, 15) is 9.90 Å². The van der Waals surface area contributed by atoms with E-state index in [-0.39, 0.29) is 0 Å². The van der Waals surface area contributed by atoms with Crippen molar-refractivity contribution in [2.24, 2.45) is 5.92 Å². The number of fused-ring (bicyclic) bond motifs is 1. The van der Waals surface area contributed by atoms with Gasteiger partial charge in [-0.05, 0) is 30.9 Å². The van der Waals surface area contributed by atoms with E-state index in [1.165, 1.54) is 32.1 Å². The van der Waals surface area contributed by atoms with Gasteiger partial charge in [0.25, 0.3) is 0 Å². The molecule has 0 spiro atoms. The van der Waals surface area contributed by atoms with Crippen LogP contribution in [0.25, 0.3) is 11.0 Å². The molecule has 1 heterocycles. The number of aromatic nitrogens is 2. The largest absolute Gasteiger partial charge is 0.480 e. The fourth-order valence-corrected chi connectivity index (χ4v) is 3.90. The first-order valence-corrected chi connectivity index (χ1v) is 8.89. The number of para-hydroxylation sites is 2. The van der Waals surface area contributed by atoms with Crippen LogP contribution in [-0.4, -0.2) is 20.6 Å². The average Bonchev–Trinajstić information content (AvgIpc) is 2.93. The summed E-state index contributed by atoms with van der Waals surface area (Å²) >= 11 is 0. The number of hydrogen-bond acceptors (Lipinski definition) is 2. The first-order chi connectivity index (χ1) is 11.2. The van der Waals surface area contributed by atoms with E-state index < -0.39 is 12.0 Å². The molecule has 0 radical (unpaired) electrons. The molecule has 1 aliphatic carbocycles. The fourth-order valence-electron chi connectivity index (χ4n) is 3.90. The molecule has 0 bridgehead atoms. The monoisotopic (exact) mass is 314 g/mol. The van der Waals surface area contributed by atoms with Crippen LogP contribution in [-0.2, 0) is 11.2 Å². The number of nitrogens with zero attached hydrogens (tertiary/aromatic N) is 2. The molecule has 23 heavy (non-hydrogen) atoms. The zero-order chi connectivity index (χ0) is 16.2. The zero-order valence-corrected chi connectivity index (χ0v) is 13.9. The van der Waals surface area contributed by atoms with E-state index in [2.05, 4.69) is 0 Å². The molecule has 1 N–H and O–H groups in total. The maximum atomic E-state index is 11.7. The Morgan fingerprint density at radius 2 is 2.04 bits per heavy atom. The van der Waals surface area contributed by atoms with Gasteiger partial charge >= 0.3 is 5.97 Å². The number of imidazole rings is 1. The van der Waals surface area contributed by atoms with Crippen molar-refractivity contribution < 1.29 is 9.90 Å². The van der Waals surface area contributed by atoms with E-state index in [1.54, 1.807) is 0 Å². The molecule has 4 nitrogen and oxygen atoms in total. The standard InChI is InChI=1S/C19H26N2O2/c1-2-16(19(22)23)21-17-11-7-6-10-15(17)20-18(21)13-12-14-8-4-3-5-9-14/h6-7,10-11,14,16H,2-5,8-9,12-13H2,1H3,(H,22,23). The molecule has 3 rings (SSSR count). The Labute approximate surface area is 137 Å². The topological polar surface area (TPSA) is 55.1 Å². The highest BCUT2D eigenvalue weighted by molar-refractivity contribution is 5.80. The maximum Gasteiger partial charge on any atom is 0.326 e. The predicted molar refractivity (Wildman–Crippen MR) is 91.6 cm³/mol. The fraction of sp³-hybridized carbons (Fsp3) is 0.579. The third-order valence-corrected chi connectivity index (χ3v) is 5.15. The van der Waals surface area contributed by atoms with Crippen LogP contribution in [0, 0.1) is 5.92 Å². The Bertz CT molecular complexity index is 671. The molecule has 1 aliphatic rings. The highest BCUT2D eigenvalue weighted by Crippen LogP contribution is 2.29. The van der Waals surface area contributed by atoms with Crippen molar-refractivity contribution >= 4 is 17.0 Å². The first-order valence-electron chi connectivity index (χ1n) is 8.89. The van der Waals surface area contributed by atoms with Crippen molar-refractivity contribution in [2.45, 2.75) is 64.3 Å². The van der Waals surface area contributed by atoms with Crippen molar-refractivity contribution in [3.05, 3.63) is 30.1 Å². The second-order valence-corrected chi connectivity index (χ2v) is 6.69. The molecule has 1 saturated carbocycles. The van der Waals surface area contributed by atoms with Gasteiger partial charge < -0.3 is 9.67 Å². The molecule has 2 aromatic rings. The summed E-state index contributed by atoms with van der Waals surface area (Å²) in [5.41, 5.74) is 1.85. The number of carboxylic acids is 1. The summed E-state index contributed by atoms with van der Waals surface area (Å²) in [5.74, 6) is 0.947. The van der Waals surface area contributed by atoms with Crippen molar-refractivity contribution in [3.63, 3.8) is 0 Å². The number of benzene rings is 1. The molecular weight excluding hydrogens is 288 g/mol. The summed E-state index contributed by atoms with van der Waals surface area (Å²) < 4.78 is 1.96. The first kappa shape index (κ1) is 16.0. The van der Waals surface area contributed by atoms with E-state index in [0.29, 0.717) is 6.42 Å². The summed E-state index contributed by atoms with van der Waals surface area (Å²) in [6.07, 6.45) is 9.26. The number of carbonyl (C=O) groups is 1. The van der Waals surface area contributed by atoms with Crippen LogP contribution in [0.5, 0.6) is 0 Å². The third-order valence-electron chi connectivity index (χ3n) is 5.15. The van der Waals surface area contributed by atoms with Crippen LogP contribution in [0.15, 0.2) is 24.3 Å². The Morgan fingerprint density at radius 3 is 2.74 bits per heavy atom. The minimum Gasteiger partial charge on any atom is -0.480 e. The summed E-state index contributed by atoms with van der Waals surface area (Å²) in [5, 5.41) is 9.60. The van der Waals surface area contributed by atoms with Gasteiger partial charge in [0.1, 0.15) is 11.9 Å². The van der Waals surface area contributed by atoms with Gasteiger partial charge in [0.15, 0.2) is 0 Å². The quantitative estimate of drug-likeness (QED) is 0.848. The molecule has 0 amide bonds. The molecule has 1 aromatic carbocycles. The van der Waals surface area contributed by atoms with Crippen LogP contribution < -0.4 is 0 Å². The Hall–Kier alpha value is -1.84. The Morgan fingerprint density at radius 1 is 1.30 bits per heavy atom. The summed E-state index contributed by atoms with van der Waals surface area (Å²) in [6, 6.07) is 7.36. The summed E-state index contributed by atoms with van der Waals surface area (Å²) in [7, 11) is 0. The number of carboxylic acid groups (broad SMARTS) is 1. The van der Waals surface area contributed by atoms with Crippen molar-refractivity contribution in [3.8, 4) is 0 Å². The lowest BCUT2D eigenvalue weighted by Crippen LogP contribution is -2.21. The molecule has 1 unspecified atom stereocenters. The van der Waals surface area contributed by atoms with Crippen LogP contribution in [0.2, 0.25) is 0 Å². The molecule has 0 aliphatic heterocycles. The molecule has 1 aromatic heterocycles. The SMILES string of the molecule is CCC(C(=O)O)n1c(CCC2CCCCC2)nc2ccccc21. The average molecular weight is 314 g/mol. The molecule has 124 valence electrons. The van der Waals surface area contributed by atoms with Crippen LogP contribution >= 0.6 is 0 Å². The minimum atomic E-state index is -0.769. The highest BCUT2D eigenvalue weighted by atomic mass is 16.4. The van der Waals surface area contributed by atoms with Gasteiger partial charge in [0.2, 0.25) is 0 Å². The van der Waals surface area contributed by atoms with Gasteiger partial charge in [-0.3, -0.25) is 0 Å². The molecular formula is C19H26N2O2. The maximum absolute atomic E-state index is 11.7. The van der Waals surface area contributed by atoms with E-state index in [4.69, 9.17) is 4.98 Å². The lowest BCUT2D eigenvalue weighted by Gasteiger charge is -2.22. The van der Waals surface area contributed by atoms with Crippen molar-refractivity contribution in [1.82, 2.24) is 9.55 Å². The van der Waals surface area contributed by atoms with Gasteiger partial charge in [-0.2, -0.15) is 0 Å². The van der Waals surface area contributed by atoms with E-state index in [0.717, 1.165) is 35.6 Å². The molecule has 0 saturated heterocycles. The Kier molecular flexibility index (Phi) is 4.99. The van der Waals surface area contributed by atoms with Crippen LogP contribution in [0.1, 0.15) is 63.7 Å². The second-order valence-electron chi connectivity index (χ2n) is 6.69.